The van der Waals surface area contributed by atoms with Gasteiger partial charge in [0, 0.05) is 11.1 Å². The zero-order valence-electron chi connectivity index (χ0n) is 17.1. The Balaban J connectivity index is 1.62. The van der Waals surface area contributed by atoms with Crippen molar-refractivity contribution in [2.24, 2.45) is 10.2 Å². The van der Waals surface area contributed by atoms with Crippen molar-refractivity contribution in [2.75, 3.05) is 5.32 Å². The third-order valence-electron chi connectivity index (χ3n) is 5.17. The largest absolute Gasteiger partial charge is 0.493 e. The van der Waals surface area contributed by atoms with E-state index in [2.05, 4.69) is 15.5 Å². The number of nitrogens with one attached hydrogen (secondary N) is 1. The van der Waals surface area contributed by atoms with E-state index in [1.165, 1.54) is 17.7 Å². The van der Waals surface area contributed by atoms with Crippen LogP contribution >= 0.6 is 12.2 Å². The van der Waals surface area contributed by atoms with Crippen LogP contribution in [0.15, 0.2) is 77.0 Å². The molecule has 5 nitrogen and oxygen atoms in total. The summed E-state index contributed by atoms with van der Waals surface area (Å²) in [7, 11) is 0. The van der Waals surface area contributed by atoms with E-state index in [1.807, 2.05) is 56.3 Å². The molecule has 1 heterocycles. The van der Waals surface area contributed by atoms with Crippen molar-refractivity contribution in [2.45, 2.75) is 20.4 Å². The first-order valence-electron chi connectivity index (χ1n) is 9.77. The summed E-state index contributed by atoms with van der Waals surface area (Å²) in [5.74, 6) is -0.326. The van der Waals surface area contributed by atoms with E-state index in [-0.39, 0.29) is 16.8 Å². The lowest BCUT2D eigenvalue weighted by Crippen LogP contribution is -2.05. The molecule has 2 N–H and O–H groups in total. The molecule has 4 rings (SSSR count). The number of halogens is 1. The molecule has 0 bridgehead atoms. The van der Waals surface area contributed by atoms with Crippen LogP contribution in [0.3, 0.4) is 0 Å². The lowest BCUT2D eigenvalue weighted by molar-refractivity contribution is 0.429. The Kier molecular flexibility index (Phi) is 5.77. The summed E-state index contributed by atoms with van der Waals surface area (Å²) in [6.45, 7) is 4.44. The summed E-state index contributed by atoms with van der Waals surface area (Å²) in [4.78, 5) is 0. The number of rotatable bonds is 4. The Labute approximate surface area is 184 Å². The molecule has 0 spiro atoms. The second kappa shape index (κ2) is 8.65. The zero-order valence-corrected chi connectivity index (χ0v) is 17.9. The van der Waals surface area contributed by atoms with Crippen molar-refractivity contribution in [3.8, 4) is 5.88 Å². The zero-order chi connectivity index (χ0) is 22.0. The van der Waals surface area contributed by atoms with E-state index in [1.54, 1.807) is 16.7 Å². The molecule has 3 aromatic carbocycles. The average molecular weight is 433 g/mol. The highest BCUT2D eigenvalue weighted by atomic mass is 32.1. The lowest BCUT2D eigenvalue weighted by atomic mass is 10.1. The van der Waals surface area contributed by atoms with Crippen LogP contribution in [-0.4, -0.2) is 14.8 Å². The number of anilines is 1. The molecule has 0 saturated heterocycles. The summed E-state index contributed by atoms with van der Waals surface area (Å²) in [6.07, 6.45) is 0. The highest BCUT2D eigenvalue weighted by Gasteiger charge is 2.17. The number of aromatic hydroxyl groups is 1. The van der Waals surface area contributed by atoms with Crippen molar-refractivity contribution in [3.63, 3.8) is 0 Å². The van der Waals surface area contributed by atoms with Crippen molar-refractivity contribution in [1.29, 1.82) is 0 Å². The number of hydrogen-bond donors (Lipinski definition) is 2. The van der Waals surface area contributed by atoms with Gasteiger partial charge < -0.3 is 15.0 Å². The Morgan fingerprint density at radius 3 is 2.52 bits per heavy atom. The predicted molar refractivity (Wildman–Crippen MR) is 126 cm³/mol. The molecule has 0 unspecified atom stereocenters. The number of benzene rings is 3. The molecule has 0 aliphatic carbocycles. The molecule has 7 heteroatoms. The number of aromatic nitrogens is 1. The van der Waals surface area contributed by atoms with Gasteiger partial charge in [0.25, 0.3) is 0 Å². The molecule has 0 aliphatic rings. The summed E-state index contributed by atoms with van der Waals surface area (Å²) in [5, 5.41) is 23.2. The van der Waals surface area contributed by atoms with E-state index < -0.39 is 0 Å². The standard InChI is InChI=1S/C24H21FN4OS/c1-15-7-12-19(13-16(15)2)26-24(31)28-27-22-20-5-3-4-6-21(20)29(23(22)30)14-17-8-10-18(25)11-9-17/h3-13,30H,14H2,1-2H3,(H,26,31). The maximum atomic E-state index is 13.2. The topological polar surface area (TPSA) is 61.9 Å². The fourth-order valence-electron chi connectivity index (χ4n) is 3.37. The maximum Gasteiger partial charge on any atom is 0.221 e. The predicted octanol–water partition coefficient (Wildman–Crippen LogP) is 6.63. The molecule has 0 radical (unpaired) electrons. The highest BCUT2D eigenvalue weighted by Crippen LogP contribution is 2.39. The molecule has 1 aromatic heterocycles. The van der Waals surface area contributed by atoms with Gasteiger partial charge in [-0.3, -0.25) is 0 Å². The van der Waals surface area contributed by atoms with Gasteiger partial charge in [-0.25, -0.2) is 4.39 Å². The van der Waals surface area contributed by atoms with E-state index >= 15 is 0 Å². The summed E-state index contributed by atoms with van der Waals surface area (Å²) in [6, 6.07) is 19.6. The summed E-state index contributed by atoms with van der Waals surface area (Å²) in [5.41, 5.74) is 5.15. The van der Waals surface area contributed by atoms with Gasteiger partial charge in [-0.2, -0.15) is 0 Å². The van der Waals surface area contributed by atoms with Crippen LogP contribution in [0.2, 0.25) is 0 Å². The molecule has 0 saturated carbocycles. The number of thiocarbonyl (C=S) groups is 1. The first-order valence-corrected chi connectivity index (χ1v) is 10.2. The van der Waals surface area contributed by atoms with Crippen LogP contribution in [0.1, 0.15) is 16.7 Å². The van der Waals surface area contributed by atoms with E-state index in [4.69, 9.17) is 12.2 Å². The van der Waals surface area contributed by atoms with Crippen molar-refractivity contribution in [3.05, 3.63) is 89.2 Å². The number of hydrogen-bond acceptors (Lipinski definition) is 3. The minimum Gasteiger partial charge on any atom is -0.493 e. The van der Waals surface area contributed by atoms with Crippen LogP contribution in [0, 0.1) is 19.7 Å². The van der Waals surface area contributed by atoms with E-state index in [0.29, 0.717) is 12.2 Å². The van der Waals surface area contributed by atoms with Crippen molar-refractivity contribution < 1.29 is 9.50 Å². The van der Waals surface area contributed by atoms with Crippen molar-refractivity contribution in [1.82, 2.24) is 4.57 Å². The second-order valence-electron chi connectivity index (χ2n) is 7.33. The fourth-order valence-corrected chi connectivity index (χ4v) is 3.52. The van der Waals surface area contributed by atoms with Crippen LogP contribution in [0.4, 0.5) is 15.8 Å². The molecular weight excluding hydrogens is 411 g/mol. The maximum absolute atomic E-state index is 13.2. The van der Waals surface area contributed by atoms with Gasteiger partial charge in [-0.1, -0.05) is 36.4 Å². The van der Waals surface area contributed by atoms with Gasteiger partial charge >= 0.3 is 0 Å². The third-order valence-corrected chi connectivity index (χ3v) is 5.35. The minimum absolute atomic E-state index is 0.0248. The molecule has 4 aromatic rings. The Bertz CT molecular complexity index is 1300. The van der Waals surface area contributed by atoms with E-state index in [0.717, 1.165) is 27.7 Å². The number of nitrogens with zero attached hydrogens (tertiary/aromatic N) is 3. The van der Waals surface area contributed by atoms with Crippen molar-refractivity contribution >= 4 is 39.6 Å². The minimum atomic E-state index is -0.301. The highest BCUT2D eigenvalue weighted by molar-refractivity contribution is 7.80. The quantitative estimate of drug-likeness (QED) is 0.281. The number of azo groups is 1. The fraction of sp³-hybridized carbons (Fsp3) is 0.125. The number of fused-ring (bicyclic) bond motifs is 1. The number of para-hydroxylation sites is 1. The average Bonchev–Trinajstić information content (AvgIpc) is 3.02. The van der Waals surface area contributed by atoms with Crippen LogP contribution in [-0.2, 0) is 6.54 Å². The molecule has 0 atom stereocenters. The van der Waals surface area contributed by atoms with Gasteiger partial charge in [0.15, 0.2) is 5.69 Å². The first-order chi connectivity index (χ1) is 14.9. The third kappa shape index (κ3) is 4.46. The number of aryl methyl sites for hydroxylation is 2. The van der Waals surface area contributed by atoms with Gasteiger partial charge in [-0.15, -0.1) is 10.2 Å². The van der Waals surface area contributed by atoms with Crippen LogP contribution in [0.25, 0.3) is 10.9 Å². The van der Waals surface area contributed by atoms with Gasteiger partial charge in [0.1, 0.15) is 5.82 Å². The van der Waals surface area contributed by atoms with Crippen LogP contribution < -0.4 is 5.32 Å². The summed E-state index contributed by atoms with van der Waals surface area (Å²) >= 11 is 5.31. The summed E-state index contributed by atoms with van der Waals surface area (Å²) < 4.78 is 15.0. The molecular formula is C24H21FN4OS. The second-order valence-corrected chi connectivity index (χ2v) is 7.72. The molecule has 0 aliphatic heterocycles. The Morgan fingerprint density at radius 2 is 1.77 bits per heavy atom. The normalized spacial score (nSPS) is 11.3. The first kappa shape index (κ1) is 20.7. The van der Waals surface area contributed by atoms with E-state index in [9.17, 15) is 9.50 Å². The molecule has 0 amide bonds. The molecule has 0 fully saturated rings. The lowest BCUT2D eigenvalue weighted by Gasteiger charge is -2.07. The van der Waals surface area contributed by atoms with Gasteiger partial charge in [0.2, 0.25) is 11.0 Å². The molecule has 156 valence electrons. The Hall–Kier alpha value is -3.58. The van der Waals surface area contributed by atoms with Crippen LogP contribution in [0.5, 0.6) is 5.88 Å². The van der Waals surface area contributed by atoms with Gasteiger partial charge in [-0.05, 0) is 73.1 Å². The van der Waals surface area contributed by atoms with Gasteiger partial charge in [0.05, 0.1) is 12.1 Å². The Morgan fingerprint density at radius 1 is 1.03 bits per heavy atom. The smallest absolute Gasteiger partial charge is 0.221 e. The SMILES string of the molecule is Cc1ccc(NC(=S)N=Nc2c(O)n(Cc3ccc(F)cc3)c3ccccc23)cc1C. The monoisotopic (exact) mass is 432 g/mol. The molecule has 31 heavy (non-hydrogen) atoms.